The second kappa shape index (κ2) is 8.97. The predicted molar refractivity (Wildman–Crippen MR) is 97.4 cm³/mol. The van der Waals surface area contributed by atoms with Crippen molar-refractivity contribution in [1.29, 1.82) is 0 Å². The highest BCUT2D eigenvalue weighted by Gasteiger charge is 2.17. The van der Waals surface area contributed by atoms with Crippen LogP contribution in [0.1, 0.15) is 19.4 Å². The van der Waals surface area contributed by atoms with Gasteiger partial charge >= 0.3 is 0 Å². The van der Waals surface area contributed by atoms with E-state index < -0.39 is 6.10 Å². The van der Waals surface area contributed by atoms with Gasteiger partial charge in [-0.15, -0.1) is 0 Å². The second-order valence-corrected chi connectivity index (χ2v) is 5.97. The third kappa shape index (κ3) is 6.03. The largest absolute Gasteiger partial charge is 0.497 e. The number of hydrogen-bond donors (Lipinski definition) is 1. The molecule has 0 aliphatic carbocycles. The molecular formula is C20H25NO4. The van der Waals surface area contributed by atoms with Gasteiger partial charge in [0.1, 0.15) is 23.9 Å². The van der Waals surface area contributed by atoms with E-state index in [0.717, 1.165) is 5.75 Å². The standard InChI is InChI=1S/C20H25NO4/c1-14-8-10-17(11-9-14)24-13-15(2)21-20(22)16(3)25-19-7-5-6-18(12-19)23-4/h5-12,15-16H,13H2,1-4H3,(H,21,22)/t15-,16-/m0/s1. The van der Waals surface area contributed by atoms with Crippen molar-refractivity contribution < 1.29 is 19.0 Å². The van der Waals surface area contributed by atoms with Crippen molar-refractivity contribution in [3.8, 4) is 17.2 Å². The van der Waals surface area contributed by atoms with Gasteiger partial charge in [0.2, 0.25) is 0 Å². The van der Waals surface area contributed by atoms with Crippen LogP contribution < -0.4 is 19.5 Å². The van der Waals surface area contributed by atoms with Crippen molar-refractivity contribution in [3.05, 3.63) is 54.1 Å². The molecule has 0 bridgehead atoms. The van der Waals surface area contributed by atoms with E-state index in [2.05, 4.69) is 5.32 Å². The van der Waals surface area contributed by atoms with Gasteiger partial charge in [0.15, 0.2) is 6.10 Å². The van der Waals surface area contributed by atoms with E-state index in [9.17, 15) is 4.79 Å². The van der Waals surface area contributed by atoms with Crippen LogP contribution in [-0.4, -0.2) is 31.8 Å². The SMILES string of the molecule is COc1cccc(O[C@@H](C)C(=O)N[C@@H](C)COc2ccc(C)cc2)c1. The van der Waals surface area contributed by atoms with E-state index in [1.165, 1.54) is 5.56 Å². The first kappa shape index (κ1) is 18.6. The number of hydrogen-bond acceptors (Lipinski definition) is 4. The number of carbonyl (C=O) groups is 1. The molecule has 2 aromatic rings. The summed E-state index contributed by atoms with van der Waals surface area (Å²) in [6, 6.07) is 14.8. The Morgan fingerprint density at radius 1 is 1.04 bits per heavy atom. The number of benzene rings is 2. The van der Waals surface area contributed by atoms with Crippen molar-refractivity contribution in [1.82, 2.24) is 5.32 Å². The molecule has 1 N–H and O–H groups in total. The summed E-state index contributed by atoms with van der Waals surface area (Å²) >= 11 is 0. The summed E-state index contributed by atoms with van der Waals surface area (Å²) in [7, 11) is 1.59. The normalized spacial score (nSPS) is 12.8. The van der Waals surface area contributed by atoms with E-state index in [0.29, 0.717) is 18.1 Å². The summed E-state index contributed by atoms with van der Waals surface area (Å²) < 4.78 is 16.5. The molecule has 25 heavy (non-hydrogen) atoms. The molecule has 2 rings (SSSR count). The van der Waals surface area contributed by atoms with E-state index in [1.54, 1.807) is 26.2 Å². The molecule has 0 aliphatic rings. The Hall–Kier alpha value is -2.69. The van der Waals surface area contributed by atoms with Crippen LogP contribution in [0.5, 0.6) is 17.2 Å². The Labute approximate surface area is 148 Å². The highest BCUT2D eigenvalue weighted by molar-refractivity contribution is 5.81. The zero-order valence-electron chi connectivity index (χ0n) is 15.1. The summed E-state index contributed by atoms with van der Waals surface area (Å²) in [6.45, 7) is 6.02. The summed E-state index contributed by atoms with van der Waals surface area (Å²) in [6.07, 6.45) is -0.617. The van der Waals surface area contributed by atoms with E-state index >= 15 is 0 Å². The van der Waals surface area contributed by atoms with Crippen LogP contribution in [0.4, 0.5) is 0 Å². The maximum Gasteiger partial charge on any atom is 0.261 e. The van der Waals surface area contributed by atoms with E-state index in [-0.39, 0.29) is 11.9 Å². The zero-order chi connectivity index (χ0) is 18.2. The minimum Gasteiger partial charge on any atom is -0.497 e. The fourth-order valence-electron chi connectivity index (χ4n) is 2.19. The van der Waals surface area contributed by atoms with Crippen LogP contribution >= 0.6 is 0 Å². The Balaban J connectivity index is 1.80. The van der Waals surface area contributed by atoms with Crippen molar-refractivity contribution in [2.24, 2.45) is 0 Å². The van der Waals surface area contributed by atoms with Gasteiger partial charge in [-0.3, -0.25) is 4.79 Å². The van der Waals surface area contributed by atoms with E-state index in [1.807, 2.05) is 50.2 Å². The van der Waals surface area contributed by atoms with Gasteiger partial charge in [0.25, 0.3) is 5.91 Å². The molecule has 5 heteroatoms. The number of rotatable bonds is 8. The molecule has 0 saturated carbocycles. The summed E-state index contributed by atoms with van der Waals surface area (Å²) in [5, 5.41) is 2.89. The zero-order valence-corrected chi connectivity index (χ0v) is 15.1. The van der Waals surface area contributed by atoms with Gasteiger partial charge in [0.05, 0.1) is 13.2 Å². The molecular weight excluding hydrogens is 318 g/mol. The molecule has 1 amide bonds. The number of carbonyl (C=O) groups excluding carboxylic acids is 1. The lowest BCUT2D eigenvalue weighted by Crippen LogP contribution is -2.43. The molecule has 0 saturated heterocycles. The lowest BCUT2D eigenvalue weighted by Gasteiger charge is -2.19. The minimum absolute atomic E-state index is 0.134. The predicted octanol–water partition coefficient (Wildman–Crippen LogP) is 3.35. The van der Waals surface area contributed by atoms with Crippen molar-refractivity contribution in [3.63, 3.8) is 0 Å². The maximum atomic E-state index is 12.2. The Morgan fingerprint density at radius 2 is 1.72 bits per heavy atom. The van der Waals surface area contributed by atoms with Crippen LogP contribution in [-0.2, 0) is 4.79 Å². The average molecular weight is 343 g/mol. The summed E-state index contributed by atoms with van der Waals surface area (Å²) in [4.78, 5) is 12.2. The van der Waals surface area contributed by atoms with Gasteiger partial charge in [0, 0.05) is 6.07 Å². The van der Waals surface area contributed by atoms with Crippen molar-refractivity contribution >= 4 is 5.91 Å². The summed E-state index contributed by atoms with van der Waals surface area (Å²) in [5.41, 5.74) is 1.18. The molecule has 0 spiro atoms. The van der Waals surface area contributed by atoms with Gasteiger partial charge in [-0.25, -0.2) is 0 Å². The fourth-order valence-corrected chi connectivity index (χ4v) is 2.19. The third-order valence-corrected chi connectivity index (χ3v) is 3.63. The number of methoxy groups -OCH3 is 1. The highest BCUT2D eigenvalue weighted by Crippen LogP contribution is 2.20. The molecule has 2 atom stereocenters. The van der Waals surface area contributed by atoms with Crippen molar-refractivity contribution in [2.75, 3.05) is 13.7 Å². The first-order valence-electron chi connectivity index (χ1n) is 8.28. The van der Waals surface area contributed by atoms with Gasteiger partial charge < -0.3 is 19.5 Å². The molecule has 0 unspecified atom stereocenters. The molecule has 0 aromatic heterocycles. The van der Waals surface area contributed by atoms with Crippen LogP contribution in [0.15, 0.2) is 48.5 Å². The molecule has 0 aliphatic heterocycles. The topological polar surface area (TPSA) is 56.8 Å². The monoisotopic (exact) mass is 343 g/mol. The minimum atomic E-state index is -0.617. The third-order valence-electron chi connectivity index (χ3n) is 3.63. The number of amides is 1. The lowest BCUT2D eigenvalue weighted by atomic mass is 10.2. The van der Waals surface area contributed by atoms with Crippen LogP contribution in [0.2, 0.25) is 0 Å². The summed E-state index contributed by atoms with van der Waals surface area (Å²) in [5.74, 6) is 1.87. The van der Waals surface area contributed by atoms with E-state index in [4.69, 9.17) is 14.2 Å². The molecule has 0 radical (unpaired) electrons. The number of ether oxygens (including phenoxy) is 3. The van der Waals surface area contributed by atoms with Gasteiger partial charge in [-0.1, -0.05) is 23.8 Å². The smallest absolute Gasteiger partial charge is 0.261 e. The number of nitrogens with one attached hydrogen (secondary N) is 1. The Morgan fingerprint density at radius 3 is 2.40 bits per heavy atom. The maximum absolute atomic E-state index is 12.2. The molecule has 2 aromatic carbocycles. The fraction of sp³-hybridized carbons (Fsp3) is 0.350. The quantitative estimate of drug-likeness (QED) is 0.798. The average Bonchev–Trinajstić information content (AvgIpc) is 2.61. The second-order valence-electron chi connectivity index (χ2n) is 5.97. The first-order chi connectivity index (χ1) is 12.0. The first-order valence-corrected chi connectivity index (χ1v) is 8.28. The van der Waals surface area contributed by atoms with Gasteiger partial charge in [-0.2, -0.15) is 0 Å². The molecule has 0 heterocycles. The lowest BCUT2D eigenvalue weighted by molar-refractivity contribution is -0.128. The molecule has 0 fully saturated rings. The Bertz CT molecular complexity index is 684. The molecule has 134 valence electrons. The van der Waals surface area contributed by atoms with Crippen LogP contribution in [0.3, 0.4) is 0 Å². The van der Waals surface area contributed by atoms with Crippen molar-refractivity contribution in [2.45, 2.75) is 32.9 Å². The number of aryl methyl sites for hydroxylation is 1. The van der Waals surface area contributed by atoms with Gasteiger partial charge in [-0.05, 0) is 45.0 Å². The highest BCUT2D eigenvalue weighted by atomic mass is 16.5. The van der Waals surface area contributed by atoms with Crippen LogP contribution in [0, 0.1) is 6.92 Å². The Kier molecular flexibility index (Phi) is 6.69. The van der Waals surface area contributed by atoms with Crippen LogP contribution in [0.25, 0.3) is 0 Å². The molecule has 5 nitrogen and oxygen atoms in total.